The molecule has 2 N–H and O–H groups in total. The summed E-state index contributed by atoms with van der Waals surface area (Å²) in [5, 5.41) is 0. The minimum Gasteiger partial charge on any atom is -0.463 e. The molecule has 152 valence electrons. The zero-order valence-corrected chi connectivity index (χ0v) is 15.3. The summed E-state index contributed by atoms with van der Waals surface area (Å²) in [6.45, 7) is 3.09. The molecule has 2 heterocycles. The Kier molecular flexibility index (Phi) is 6.46. The van der Waals surface area contributed by atoms with Crippen LogP contribution in [-0.4, -0.2) is 58.3 Å². The topological polar surface area (TPSA) is 166 Å². The molecule has 12 nitrogen and oxygen atoms in total. The number of rotatable bonds is 6. The average Bonchev–Trinajstić information content (AvgIpc) is 2.89. The summed E-state index contributed by atoms with van der Waals surface area (Å²) in [6, 6.07) is 0. The minimum absolute atomic E-state index is 0.329. The maximum atomic E-state index is 12.5. The fourth-order valence-corrected chi connectivity index (χ4v) is 2.71. The molecule has 1 aromatic heterocycles. The number of nitrogens with two attached hydrogens (primary N) is 1. The number of aromatic nitrogens is 2. The van der Waals surface area contributed by atoms with Crippen molar-refractivity contribution in [3.05, 3.63) is 28.4 Å². The molecule has 0 saturated carbocycles. The zero-order valence-electron chi connectivity index (χ0n) is 15.3. The number of carbonyl (C=O) groups excluding carboxylic acids is 4. The van der Waals surface area contributed by atoms with E-state index in [0.29, 0.717) is 0 Å². The molecular weight excluding hydrogens is 378 g/mol. The molecular formula is C16H19N3O9. The quantitative estimate of drug-likeness (QED) is 0.448. The second kappa shape index (κ2) is 8.61. The van der Waals surface area contributed by atoms with Crippen molar-refractivity contribution in [1.29, 1.82) is 0 Å². The van der Waals surface area contributed by atoms with Crippen LogP contribution < -0.4 is 11.3 Å². The molecule has 0 spiro atoms. The van der Waals surface area contributed by atoms with Gasteiger partial charge in [0.1, 0.15) is 12.7 Å². The van der Waals surface area contributed by atoms with E-state index in [1.54, 1.807) is 0 Å². The van der Waals surface area contributed by atoms with Crippen LogP contribution in [0.5, 0.6) is 0 Å². The predicted molar refractivity (Wildman–Crippen MR) is 88.7 cm³/mol. The van der Waals surface area contributed by atoms with Gasteiger partial charge in [0.2, 0.25) is 0 Å². The molecule has 28 heavy (non-hydrogen) atoms. The summed E-state index contributed by atoms with van der Waals surface area (Å²) < 4.78 is 21.9. The number of primary amides is 1. The Bertz CT molecular complexity index is 850. The molecule has 0 radical (unpaired) electrons. The third-order valence-electron chi connectivity index (χ3n) is 3.72. The van der Waals surface area contributed by atoms with E-state index < -0.39 is 59.6 Å². The van der Waals surface area contributed by atoms with Crippen molar-refractivity contribution in [2.75, 3.05) is 6.61 Å². The third-order valence-corrected chi connectivity index (χ3v) is 3.72. The van der Waals surface area contributed by atoms with Crippen LogP contribution in [0.4, 0.5) is 0 Å². The third kappa shape index (κ3) is 4.71. The van der Waals surface area contributed by atoms with Crippen LogP contribution >= 0.6 is 0 Å². The van der Waals surface area contributed by atoms with E-state index in [1.165, 1.54) is 13.1 Å². The Morgan fingerprint density at radius 1 is 1.11 bits per heavy atom. The number of ether oxygens (including phenoxy) is 4. The molecule has 12 heteroatoms. The SMILES string of the molecule is CC(=O)OC[C@H]1O[C@@H](n2ccnc(C(N)=O)c2=O)[C@H](OC(C)=O)[C@@H]1OC(C)=O. The molecule has 1 fully saturated rings. The lowest BCUT2D eigenvalue weighted by atomic mass is 10.1. The fraction of sp³-hybridized carbons (Fsp3) is 0.500. The van der Waals surface area contributed by atoms with Gasteiger partial charge in [0.05, 0.1) is 0 Å². The number of nitrogens with zero attached hydrogens (tertiary/aromatic N) is 2. The highest BCUT2D eigenvalue weighted by Crippen LogP contribution is 2.33. The monoisotopic (exact) mass is 397 g/mol. The van der Waals surface area contributed by atoms with E-state index in [4.69, 9.17) is 24.7 Å². The largest absolute Gasteiger partial charge is 0.463 e. The first-order chi connectivity index (χ1) is 13.1. The molecule has 1 aromatic rings. The predicted octanol–water partition coefficient (Wildman–Crippen LogP) is -1.33. The molecule has 0 bridgehead atoms. The van der Waals surface area contributed by atoms with E-state index in [2.05, 4.69) is 4.98 Å². The van der Waals surface area contributed by atoms with Crippen molar-refractivity contribution in [2.45, 2.75) is 45.3 Å². The van der Waals surface area contributed by atoms with E-state index >= 15 is 0 Å². The second-order valence-electron chi connectivity index (χ2n) is 5.87. The minimum atomic E-state index is -1.29. The number of esters is 3. The summed E-state index contributed by atoms with van der Waals surface area (Å²) in [7, 11) is 0. The van der Waals surface area contributed by atoms with Gasteiger partial charge in [-0.25, -0.2) is 4.98 Å². The molecule has 1 aliphatic rings. The summed E-state index contributed by atoms with van der Waals surface area (Å²) in [5.74, 6) is -3.12. The highest BCUT2D eigenvalue weighted by molar-refractivity contribution is 5.90. The number of amides is 1. The molecule has 4 atom stereocenters. The first-order valence-corrected chi connectivity index (χ1v) is 8.12. The second-order valence-corrected chi connectivity index (χ2v) is 5.87. The molecule has 1 aliphatic heterocycles. The van der Waals surface area contributed by atoms with Gasteiger partial charge < -0.3 is 24.7 Å². The van der Waals surface area contributed by atoms with Crippen molar-refractivity contribution >= 4 is 23.8 Å². The van der Waals surface area contributed by atoms with Crippen LogP contribution in [0, 0.1) is 0 Å². The Labute approximate surface area is 158 Å². The van der Waals surface area contributed by atoms with Crippen LogP contribution in [0.15, 0.2) is 17.2 Å². The highest BCUT2D eigenvalue weighted by atomic mass is 16.7. The Morgan fingerprint density at radius 2 is 1.71 bits per heavy atom. The lowest BCUT2D eigenvalue weighted by molar-refractivity contribution is -0.166. The van der Waals surface area contributed by atoms with Crippen molar-refractivity contribution in [3.8, 4) is 0 Å². The Balaban J connectivity index is 2.48. The molecule has 1 amide bonds. The van der Waals surface area contributed by atoms with Crippen LogP contribution in [0.1, 0.15) is 37.5 Å². The van der Waals surface area contributed by atoms with Crippen LogP contribution in [0.25, 0.3) is 0 Å². The smallest absolute Gasteiger partial charge is 0.303 e. The van der Waals surface area contributed by atoms with Gasteiger partial charge in [0, 0.05) is 33.2 Å². The lowest BCUT2D eigenvalue weighted by Gasteiger charge is -2.24. The van der Waals surface area contributed by atoms with Crippen molar-refractivity contribution < 1.29 is 38.1 Å². The van der Waals surface area contributed by atoms with Crippen molar-refractivity contribution in [3.63, 3.8) is 0 Å². The molecule has 0 unspecified atom stereocenters. The van der Waals surface area contributed by atoms with Crippen LogP contribution in [0.2, 0.25) is 0 Å². The molecule has 0 aliphatic carbocycles. The van der Waals surface area contributed by atoms with Gasteiger partial charge in [0.15, 0.2) is 24.1 Å². The van der Waals surface area contributed by atoms with Gasteiger partial charge in [-0.15, -0.1) is 0 Å². The van der Waals surface area contributed by atoms with Crippen molar-refractivity contribution in [1.82, 2.24) is 9.55 Å². The summed E-state index contributed by atoms with van der Waals surface area (Å²) >= 11 is 0. The van der Waals surface area contributed by atoms with E-state index in [1.807, 2.05) is 0 Å². The Hall–Kier alpha value is -3.28. The maximum Gasteiger partial charge on any atom is 0.303 e. The van der Waals surface area contributed by atoms with Crippen molar-refractivity contribution in [2.24, 2.45) is 5.73 Å². The number of hydrogen-bond acceptors (Lipinski definition) is 10. The van der Waals surface area contributed by atoms with E-state index in [0.717, 1.165) is 24.6 Å². The molecule has 0 aromatic carbocycles. The van der Waals surface area contributed by atoms with E-state index in [9.17, 15) is 24.0 Å². The average molecular weight is 397 g/mol. The number of carbonyl (C=O) groups is 4. The first-order valence-electron chi connectivity index (χ1n) is 8.12. The van der Waals surface area contributed by atoms with Gasteiger partial charge in [0.25, 0.3) is 11.5 Å². The Morgan fingerprint density at radius 3 is 2.25 bits per heavy atom. The highest BCUT2D eigenvalue weighted by Gasteiger charge is 2.51. The van der Waals surface area contributed by atoms with E-state index in [-0.39, 0.29) is 6.61 Å². The fourth-order valence-electron chi connectivity index (χ4n) is 2.71. The van der Waals surface area contributed by atoms with Gasteiger partial charge in [-0.1, -0.05) is 0 Å². The number of hydrogen-bond donors (Lipinski definition) is 1. The molecule has 1 saturated heterocycles. The summed E-state index contributed by atoms with van der Waals surface area (Å²) in [6.07, 6.45) is -2.45. The van der Waals surface area contributed by atoms with Gasteiger partial charge >= 0.3 is 17.9 Å². The van der Waals surface area contributed by atoms with Gasteiger partial charge in [-0.3, -0.25) is 28.5 Å². The van der Waals surface area contributed by atoms with Crippen LogP contribution in [-0.2, 0) is 33.3 Å². The maximum absolute atomic E-state index is 12.5. The van der Waals surface area contributed by atoms with Crippen LogP contribution in [0.3, 0.4) is 0 Å². The standard InChI is InChI=1S/C16H19N3O9/c1-7(20)25-6-10-12(26-8(2)21)13(27-9(3)22)16(28-10)19-5-4-18-11(14(17)23)15(19)24/h4-5,10,12-13,16H,6H2,1-3H3,(H2,17,23)/t10-,12-,13-,16-/m1/s1. The van der Waals surface area contributed by atoms with Gasteiger partial charge in [-0.05, 0) is 0 Å². The zero-order chi connectivity index (χ0) is 21.0. The lowest BCUT2D eigenvalue weighted by Crippen LogP contribution is -2.42. The first kappa shape index (κ1) is 21.0. The summed E-state index contributed by atoms with van der Waals surface area (Å²) in [4.78, 5) is 61.7. The normalized spacial score (nSPS) is 23.7. The van der Waals surface area contributed by atoms with Gasteiger partial charge in [-0.2, -0.15) is 0 Å². The summed E-state index contributed by atoms with van der Waals surface area (Å²) in [5.41, 5.74) is 3.68. The molecule has 2 rings (SSSR count).